The first-order chi connectivity index (χ1) is 15.8. The van der Waals surface area contributed by atoms with Crippen LogP contribution in [0.25, 0.3) is 0 Å². The molecule has 0 radical (unpaired) electrons. The zero-order chi connectivity index (χ0) is 27.2. The van der Waals surface area contributed by atoms with Crippen LogP contribution in [0, 0.1) is 0 Å². The summed E-state index contributed by atoms with van der Waals surface area (Å²) in [6, 6.07) is 3.82. The molecule has 1 amide bonds. The molecule has 7 heteroatoms. The second-order valence-electron chi connectivity index (χ2n) is 13.0. The summed E-state index contributed by atoms with van der Waals surface area (Å²) >= 11 is 0. The zero-order valence-corrected chi connectivity index (χ0v) is 26.6. The van der Waals surface area contributed by atoms with Crippen molar-refractivity contribution in [3.8, 4) is 11.5 Å². The maximum absolute atomic E-state index is 12.3. The molecule has 1 aromatic carbocycles. The van der Waals surface area contributed by atoms with Crippen LogP contribution in [0.15, 0.2) is 12.1 Å². The van der Waals surface area contributed by atoms with Gasteiger partial charge in [0.25, 0.3) is 8.32 Å². The number of phenolic OH excluding ortho intramolecular Hbond substituents is 1. The van der Waals surface area contributed by atoms with Gasteiger partial charge in [-0.05, 0) is 92.1 Å². The largest absolute Gasteiger partial charge is 0.541 e. The first-order valence-corrected chi connectivity index (χ1v) is 19.1. The summed E-state index contributed by atoms with van der Waals surface area (Å²) in [5, 5.41) is 14.0. The van der Waals surface area contributed by atoms with Gasteiger partial charge in [-0.1, -0.05) is 48.5 Å². The van der Waals surface area contributed by atoms with Gasteiger partial charge in [0.15, 0.2) is 14.1 Å². The van der Waals surface area contributed by atoms with Crippen molar-refractivity contribution in [1.29, 1.82) is 0 Å². The summed E-state index contributed by atoms with van der Waals surface area (Å²) < 4.78 is 13.0. The Balaban J connectivity index is 3.15. The van der Waals surface area contributed by atoms with Crippen molar-refractivity contribution in [3.63, 3.8) is 0 Å². The van der Waals surface area contributed by atoms with E-state index in [1.165, 1.54) is 0 Å². The third-order valence-corrected chi connectivity index (χ3v) is 16.7. The average molecular weight is 524 g/mol. The van der Waals surface area contributed by atoms with Gasteiger partial charge >= 0.3 is 0 Å². The third kappa shape index (κ3) is 9.58. The molecule has 0 aliphatic rings. The van der Waals surface area contributed by atoms with Crippen LogP contribution < -0.4 is 9.74 Å². The van der Waals surface area contributed by atoms with Crippen LogP contribution in [-0.4, -0.2) is 40.3 Å². The van der Waals surface area contributed by atoms with Gasteiger partial charge in [0.2, 0.25) is 5.91 Å². The molecule has 0 spiro atoms. The standard InChI is InChI=1S/C28H53NO4Si2/c1-13-18-29-26(31)17-16-23-20-25(33-35(11,12)28(6,7)8)24(30)19-22(23)15-14-21(2)32-34(9,10)27(3,4)5/h19-21,30H,13-18H2,1-12H3,(H,29,31). The Labute approximate surface area is 217 Å². The third-order valence-electron chi connectivity index (χ3n) is 7.77. The van der Waals surface area contributed by atoms with Crippen LogP contribution in [0.5, 0.6) is 11.5 Å². The van der Waals surface area contributed by atoms with Gasteiger partial charge in [-0.3, -0.25) is 4.79 Å². The maximum atomic E-state index is 12.3. The Kier molecular flexibility index (Phi) is 11.1. The molecule has 0 saturated heterocycles. The lowest BCUT2D eigenvalue weighted by Gasteiger charge is -2.38. The smallest absolute Gasteiger partial charge is 0.250 e. The van der Waals surface area contributed by atoms with Crippen molar-refractivity contribution in [2.24, 2.45) is 0 Å². The van der Waals surface area contributed by atoms with E-state index in [1.54, 1.807) is 0 Å². The quantitative estimate of drug-likeness (QED) is 0.277. The van der Waals surface area contributed by atoms with Crippen LogP contribution in [0.4, 0.5) is 0 Å². The Morgan fingerprint density at radius 2 is 1.51 bits per heavy atom. The van der Waals surface area contributed by atoms with Crippen LogP contribution in [-0.2, 0) is 22.1 Å². The van der Waals surface area contributed by atoms with E-state index in [4.69, 9.17) is 8.85 Å². The lowest BCUT2D eigenvalue weighted by atomic mass is 9.97. The fraction of sp³-hybridized carbons (Fsp3) is 0.750. The molecule has 0 bridgehead atoms. The average Bonchev–Trinajstić information content (AvgIpc) is 2.69. The van der Waals surface area contributed by atoms with E-state index < -0.39 is 16.6 Å². The summed E-state index contributed by atoms with van der Waals surface area (Å²) in [5.74, 6) is 0.782. The van der Waals surface area contributed by atoms with Gasteiger partial charge in [0.1, 0.15) is 5.75 Å². The molecule has 0 fully saturated rings. The molecule has 0 saturated carbocycles. The number of aryl methyl sites for hydroxylation is 2. The number of amides is 1. The fourth-order valence-corrected chi connectivity index (χ4v) is 5.82. The molecule has 1 aromatic rings. The monoisotopic (exact) mass is 523 g/mol. The van der Waals surface area contributed by atoms with Crippen molar-refractivity contribution in [1.82, 2.24) is 5.32 Å². The summed E-state index contributed by atoms with van der Waals surface area (Å²) in [6.45, 7) is 27.1. The van der Waals surface area contributed by atoms with Crippen LogP contribution in [0.3, 0.4) is 0 Å². The second-order valence-corrected chi connectivity index (χ2v) is 22.5. The molecule has 5 nitrogen and oxygen atoms in total. The molecule has 0 aliphatic heterocycles. The highest BCUT2D eigenvalue weighted by atomic mass is 28.4. The number of hydrogen-bond acceptors (Lipinski definition) is 4. The molecule has 2 N–H and O–H groups in total. The van der Waals surface area contributed by atoms with E-state index in [0.29, 0.717) is 25.1 Å². The molecule has 0 aromatic heterocycles. The predicted molar refractivity (Wildman–Crippen MR) is 154 cm³/mol. The number of carbonyl (C=O) groups is 1. The van der Waals surface area contributed by atoms with Gasteiger partial charge < -0.3 is 19.3 Å². The summed E-state index contributed by atoms with van der Waals surface area (Å²) in [5.41, 5.74) is 2.14. The predicted octanol–water partition coefficient (Wildman–Crippen LogP) is 7.58. The van der Waals surface area contributed by atoms with E-state index in [0.717, 1.165) is 30.4 Å². The fourth-order valence-electron chi connectivity index (χ4n) is 3.33. The van der Waals surface area contributed by atoms with Crippen LogP contribution >= 0.6 is 0 Å². The number of aromatic hydroxyl groups is 1. The highest BCUT2D eigenvalue weighted by molar-refractivity contribution is 6.75. The summed E-state index contributed by atoms with van der Waals surface area (Å²) in [7, 11) is -3.96. The molecular formula is C28H53NO4Si2. The number of hydrogen-bond donors (Lipinski definition) is 2. The Morgan fingerprint density at radius 3 is 2.03 bits per heavy atom. The van der Waals surface area contributed by atoms with Crippen LogP contribution in [0.2, 0.25) is 36.3 Å². The van der Waals surface area contributed by atoms with Crippen molar-refractivity contribution in [2.45, 2.75) is 130 Å². The number of benzene rings is 1. The van der Waals surface area contributed by atoms with Crippen LogP contribution in [0.1, 0.15) is 85.8 Å². The molecule has 1 atom stereocenters. The summed E-state index contributed by atoms with van der Waals surface area (Å²) in [6.07, 6.45) is 3.75. The number of rotatable bonds is 12. The lowest BCUT2D eigenvalue weighted by molar-refractivity contribution is -0.121. The maximum Gasteiger partial charge on any atom is 0.250 e. The van der Waals surface area contributed by atoms with E-state index in [9.17, 15) is 9.90 Å². The zero-order valence-electron chi connectivity index (χ0n) is 24.6. The van der Waals surface area contributed by atoms with E-state index in [-0.39, 0.29) is 27.8 Å². The van der Waals surface area contributed by atoms with Crippen molar-refractivity contribution in [2.75, 3.05) is 6.54 Å². The van der Waals surface area contributed by atoms with E-state index in [1.807, 2.05) is 12.1 Å². The topological polar surface area (TPSA) is 67.8 Å². The van der Waals surface area contributed by atoms with Gasteiger partial charge in [-0.2, -0.15) is 0 Å². The van der Waals surface area contributed by atoms with Gasteiger partial charge in [-0.25, -0.2) is 0 Å². The minimum absolute atomic E-state index is 0.0226. The molecule has 202 valence electrons. The van der Waals surface area contributed by atoms with E-state index in [2.05, 4.69) is 86.9 Å². The first-order valence-electron chi connectivity index (χ1n) is 13.3. The molecular weight excluding hydrogens is 470 g/mol. The Hall–Kier alpha value is -1.32. The second kappa shape index (κ2) is 12.3. The molecule has 0 heterocycles. The van der Waals surface area contributed by atoms with Crippen molar-refractivity contribution >= 4 is 22.5 Å². The normalized spacial score (nSPS) is 14.1. The molecule has 1 rings (SSSR count). The van der Waals surface area contributed by atoms with Crippen molar-refractivity contribution in [3.05, 3.63) is 23.3 Å². The number of carbonyl (C=O) groups excluding carboxylic acids is 1. The minimum atomic E-state index is -2.12. The summed E-state index contributed by atoms with van der Waals surface area (Å²) in [4.78, 5) is 12.3. The van der Waals surface area contributed by atoms with Gasteiger partial charge in [-0.15, -0.1) is 0 Å². The number of phenols is 1. The SMILES string of the molecule is CCCNC(=O)CCc1cc(O[Si](C)(C)C(C)(C)C)c(O)cc1CCC(C)O[Si](C)(C)C(C)(C)C. The van der Waals surface area contributed by atoms with Gasteiger partial charge in [0, 0.05) is 19.1 Å². The first kappa shape index (κ1) is 31.7. The highest BCUT2D eigenvalue weighted by Crippen LogP contribution is 2.41. The Morgan fingerprint density at radius 1 is 0.971 bits per heavy atom. The van der Waals surface area contributed by atoms with Crippen molar-refractivity contribution < 1.29 is 18.8 Å². The van der Waals surface area contributed by atoms with Gasteiger partial charge in [0.05, 0.1) is 0 Å². The highest BCUT2D eigenvalue weighted by Gasteiger charge is 2.40. The minimum Gasteiger partial charge on any atom is -0.541 e. The number of nitrogens with one attached hydrogen (secondary N) is 1. The molecule has 35 heavy (non-hydrogen) atoms. The molecule has 1 unspecified atom stereocenters. The lowest BCUT2D eigenvalue weighted by Crippen LogP contribution is -2.43. The van der Waals surface area contributed by atoms with E-state index >= 15 is 0 Å². The molecule has 0 aliphatic carbocycles. The Bertz CT molecular complexity index is 839.